The third kappa shape index (κ3) is 5.09. The molecule has 1 aromatic rings. The molecule has 3 saturated heterocycles. The van der Waals surface area contributed by atoms with Gasteiger partial charge in [0.2, 0.25) is 5.91 Å². The number of piperazine rings is 1. The Morgan fingerprint density at radius 3 is 2.37 bits per heavy atom. The molecule has 35 heavy (non-hydrogen) atoms. The van der Waals surface area contributed by atoms with Crippen LogP contribution in [0.2, 0.25) is 0 Å². The average Bonchev–Trinajstić information content (AvgIpc) is 3.43. The zero-order chi connectivity index (χ0) is 25.3. The van der Waals surface area contributed by atoms with Crippen LogP contribution < -0.4 is 10.2 Å². The summed E-state index contributed by atoms with van der Waals surface area (Å²) in [6.07, 6.45) is 1.31. The molecule has 0 radical (unpaired) electrons. The molecule has 192 valence electrons. The number of carbonyl (C=O) groups excluding carboxylic acids is 3. The first-order valence-electron chi connectivity index (χ1n) is 13.0. The monoisotopic (exact) mass is 484 g/mol. The van der Waals surface area contributed by atoms with Crippen LogP contribution in [0.3, 0.4) is 0 Å². The summed E-state index contributed by atoms with van der Waals surface area (Å²) in [4.78, 5) is 46.0. The molecule has 3 fully saturated rings. The number of rotatable bonds is 7. The first-order chi connectivity index (χ1) is 16.7. The minimum Gasteiger partial charge on any atom is -0.369 e. The van der Waals surface area contributed by atoms with Gasteiger partial charge in [-0.2, -0.15) is 0 Å². The lowest BCUT2D eigenvalue weighted by molar-refractivity contribution is -0.140. The summed E-state index contributed by atoms with van der Waals surface area (Å²) in [5, 5.41) is 3.03. The van der Waals surface area contributed by atoms with Crippen molar-refractivity contribution in [1.82, 2.24) is 15.1 Å². The largest absolute Gasteiger partial charge is 0.369 e. The molecule has 2 amide bonds. The Bertz CT molecular complexity index is 939. The Kier molecular flexibility index (Phi) is 7.52. The minimum atomic E-state index is -0.734. The second-order valence-electron chi connectivity index (χ2n) is 10.9. The van der Waals surface area contributed by atoms with Gasteiger partial charge in [0.25, 0.3) is 5.91 Å². The Morgan fingerprint density at radius 2 is 1.77 bits per heavy atom. The Balaban J connectivity index is 1.50. The molecule has 0 saturated carbocycles. The Hall–Kier alpha value is -2.45. The van der Waals surface area contributed by atoms with E-state index in [4.69, 9.17) is 4.74 Å². The fourth-order valence-corrected chi connectivity index (χ4v) is 5.41. The highest BCUT2D eigenvalue weighted by Gasteiger charge is 2.53. The van der Waals surface area contributed by atoms with Crippen molar-refractivity contribution in [1.29, 1.82) is 0 Å². The highest BCUT2D eigenvalue weighted by atomic mass is 16.5. The highest BCUT2D eigenvalue weighted by Crippen LogP contribution is 2.36. The van der Waals surface area contributed by atoms with E-state index in [2.05, 4.69) is 29.1 Å². The second kappa shape index (κ2) is 10.3. The number of anilines is 1. The molecule has 1 aromatic carbocycles. The third-order valence-corrected chi connectivity index (χ3v) is 8.31. The number of nitrogens with zero attached hydrogens (tertiary/aromatic N) is 3. The number of amides is 2. The summed E-state index contributed by atoms with van der Waals surface area (Å²) in [7, 11) is 2.13. The third-order valence-electron chi connectivity index (χ3n) is 8.31. The SMILES string of the molecule is CC[C@@H]1CN(C(=O)[C@@H](NC(=O)c2ccc(N3CCN(C)CC3)cc2)C(C)(C)CC)[C@@H]2C(=O)CO[C@H]12. The lowest BCUT2D eigenvalue weighted by Crippen LogP contribution is -2.57. The first-order valence-corrected chi connectivity index (χ1v) is 13.0. The number of ether oxygens (including phenoxy) is 1. The van der Waals surface area contributed by atoms with Gasteiger partial charge in [0.1, 0.15) is 18.7 Å². The fraction of sp³-hybridized carbons (Fsp3) is 0.667. The van der Waals surface area contributed by atoms with E-state index in [1.807, 2.05) is 45.0 Å². The predicted molar refractivity (Wildman–Crippen MR) is 136 cm³/mol. The summed E-state index contributed by atoms with van der Waals surface area (Å²) in [6, 6.07) is 6.35. The van der Waals surface area contributed by atoms with Gasteiger partial charge in [0.05, 0.1) is 6.10 Å². The highest BCUT2D eigenvalue weighted by molar-refractivity contribution is 5.99. The topological polar surface area (TPSA) is 82.2 Å². The molecule has 1 N–H and O–H groups in total. The summed E-state index contributed by atoms with van der Waals surface area (Å²) in [5.74, 6) is -0.368. The van der Waals surface area contributed by atoms with Crippen LogP contribution in [0.1, 0.15) is 50.9 Å². The van der Waals surface area contributed by atoms with Crippen molar-refractivity contribution < 1.29 is 19.1 Å². The van der Waals surface area contributed by atoms with E-state index in [1.54, 1.807) is 4.90 Å². The molecule has 8 nitrogen and oxygen atoms in total. The average molecular weight is 485 g/mol. The number of ketones is 1. The van der Waals surface area contributed by atoms with Crippen molar-refractivity contribution in [2.75, 3.05) is 51.3 Å². The van der Waals surface area contributed by atoms with Crippen LogP contribution in [0.4, 0.5) is 5.69 Å². The van der Waals surface area contributed by atoms with Gasteiger partial charge in [-0.05, 0) is 49.6 Å². The van der Waals surface area contributed by atoms with E-state index in [1.165, 1.54) is 0 Å². The molecular formula is C27H40N4O4. The molecule has 3 aliphatic heterocycles. The Labute approximate surface area is 209 Å². The lowest BCUT2D eigenvalue weighted by atomic mass is 9.80. The summed E-state index contributed by atoms with van der Waals surface area (Å²) in [5.41, 5.74) is 1.15. The van der Waals surface area contributed by atoms with Crippen molar-refractivity contribution in [3.63, 3.8) is 0 Å². The second-order valence-corrected chi connectivity index (χ2v) is 10.9. The molecule has 0 spiro atoms. The Morgan fingerprint density at radius 1 is 1.11 bits per heavy atom. The quantitative estimate of drug-likeness (QED) is 0.639. The summed E-state index contributed by atoms with van der Waals surface area (Å²) >= 11 is 0. The van der Waals surface area contributed by atoms with Crippen LogP contribution in [-0.2, 0) is 14.3 Å². The standard InChI is InChI=1S/C27H40N4O4/c1-6-18-16-31(22-21(32)17-35-23(18)22)26(34)24(27(3,4)7-2)28-25(33)19-8-10-20(11-9-19)30-14-12-29(5)13-15-30/h8-11,18,22-24H,6-7,12-17H2,1-5H3,(H,28,33)/t18-,22-,23-,24-/m1/s1. The van der Waals surface area contributed by atoms with Gasteiger partial charge in [0, 0.05) is 49.9 Å². The smallest absolute Gasteiger partial charge is 0.251 e. The van der Waals surface area contributed by atoms with E-state index >= 15 is 0 Å². The zero-order valence-corrected chi connectivity index (χ0v) is 21.8. The van der Waals surface area contributed by atoms with Crippen LogP contribution in [0, 0.1) is 11.3 Å². The van der Waals surface area contributed by atoms with Crippen molar-refractivity contribution in [2.24, 2.45) is 11.3 Å². The van der Waals surface area contributed by atoms with E-state index in [-0.39, 0.29) is 36.2 Å². The molecule has 0 unspecified atom stereocenters. The predicted octanol–water partition coefficient (Wildman–Crippen LogP) is 2.18. The summed E-state index contributed by atoms with van der Waals surface area (Å²) in [6.45, 7) is 12.6. The van der Waals surface area contributed by atoms with Crippen molar-refractivity contribution in [3.05, 3.63) is 29.8 Å². The van der Waals surface area contributed by atoms with Gasteiger partial charge in [0.15, 0.2) is 5.78 Å². The molecular weight excluding hydrogens is 444 g/mol. The van der Waals surface area contributed by atoms with Crippen molar-refractivity contribution >= 4 is 23.3 Å². The van der Waals surface area contributed by atoms with E-state index in [0.717, 1.165) is 38.3 Å². The molecule has 0 aromatic heterocycles. The maximum absolute atomic E-state index is 13.8. The van der Waals surface area contributed by atoms with Crippen LogP contribution in [0.5, 0.6) is 0 Å². The van der Waals surface area contributed by atoms with E-state index in [9.17, 15) is 14.4 Å². The van der Waals surface area contributed by atoms with E-state index < -0.39 is 17.5 Å². The maximum atomic E-state index is 13.8. The van der Waals surface area contributed by atoms with Crippen LogP contribution in [-0.4, -0.2) is 92.0 Å². The van der Waals surface area contributed by atoms with Crippen molar-refractivity contribution in [2.45, 2.75) is 58.7 Å². The number of hydrogen-bond donors (Lipinski definition) is 1. The number of nitrogens with one attached hydrogen (secondary N) is 1. The lowest BCUT2D eigenvalue weighted by Gasteiger charge is -2.37. The molecule has 3 aliphatic rings. The number of carbonyl (C=O) groups is 3. The molecule has 3 heterocycles. The molecule has 0 bridgehead atoms. The number of likely N-dealkylation sites (N-methyl/N-ethyl adjacent to an activating group) is 1. The van der Waals surface area contributed by atoms with Crippen molar-refractivity contribution in [3.8, 4) is 0 Å². The molecule has 4 rings (SSSR count). The van der Waals surface area contributed by atoms with Gasteiger partial charge in [-0.1, -0.05) is 27.7 Å². The number of Topliss-reactive ketones (excluding diaryl/α,β-unsaturated/α-hetero) is 1. The minimum absolute atomic E-state index is 0.0434. The van der Waals surface area contributed by atoms with Crippen LogP contribution in [0.25, 0.3) is 0 Å². The normalized spacial score (nSPS) is 26.1. The van der Waals surface area contributed by atoms with Gasteiger partial charge in [-0.25, -0.2) is 0 Å². The maximum Gasteiger partial charge on any atom is 0.251 e. The van der Waals surface area contributed by atoms with Crippen LogP contribution in [0.15, 0.2) is 24.3 Å². The van der Waals surface area contributed by atoms with Gasteiger partial charge < -0.3 is 24.8 Å². The number of benzene rings is 1. The van der Waals surface area contributed by atoms with Gasteiger partial charge in [-0.15, -0.1) is 0 Å². The summed E-state index contributed by atoms with van der Waals surface area (Å²) < 4.78 is 5.74. The van der Waals surface area contributed by atoms with Gasteiger partial charge in [-0.3, -0.25) is 14.4 Å². The number of fused-ring (bicyclic) bond motifs is 1. The molecule has 0 aliphatic carbocycles. The first kappa shape index (κ1) is 25.6. The number of likely N-dealkylation sites (tertiary alicyclic amines) is 1. The zero-order valence-electron chi connectivity index (χ0n) is 21.8. The number of hydrogen-bond acceptors (Lipinski definition) is 6. The van der Waals surface area contributed by atoms with Crippen LogP contribution >= 0.6 is 0 Å². The molecule has 8 heteroatoms. The van der Waals surface area contributed by atoms with E-state index in [0.29, 0.717) is 18.5 Å². The fourth-order valence-electron chi connectivity index (χ4n) is 5.41. The van der Waals surface area contributed by atoms with Gasteiger partial charge >= 0.3 is 0 Å². The molecule has 4 atom stereocenters.